The molecule has 3 atom stereocenters. The fourth-order valence-corrected chi connectivity index (χ4v) is 3.06. The highest BCUT2D eigenvalue weighted by Gasteiger charge is 2.41. The van der Waals surface area contributed by atoms with Crippen molar-refractivity contribution in [3.63, 3.8) is 0 Å². The van der Waals surface area contributed by atoms with Crippen LogP contribution in [0.3, 0.4) is 0 Å². The van der Waals surface area contributed by atoms with E-state index in [2.05, 4.69) is 0 Å². The molecule has 2 amide bonds. The van der Waals surface area contributed by atoms with E-state index in [-0.39, 0.29) is 12.6 Å². The van der Waals surface area contributed by atoms with Gasteiger partial charge in [0.05, 0.1) is 18.1 Å². The first-order chi connectivity index (χ1) is 12.1. The number of carbonyl (C=O) groups excluding carboxylic acids is 2. The number of amides is 2. The molecular formula is C20H21NO4. The molecule has 5 heteroatoms. The largest absolute Gasteiger partial charge is 0.447 e. The van der Waals surface area contributed by atoms with Crippen LogP contribution in [0.2, 0.25) is 0 Å². The van der Waals surface area contributed by atoms with Gasteiger partial charge < -0.3 is 9.84 Å². The van der Waals surface area contributed by atoms with Crippen molar-refractivity contribution in [1.29, 1.82) is 0 Å². The third-order valence-corrected chi connectivity index (χ3v) is 4.52. The number of hydrogen-bond donors (Lipinski definition) is 1. The molecule has 5 nitrogen and oxygen atoms in total. The first kappa shape index (κ1) is 17.2. The topological polar surface area (TPSA) is 66.8 Å². The van der Waals surface area contributed by atoms with Gasteiger partial charge in [-0.15, -0.1) is 0 Å². The zero-order valence-corrected chi connectivity index (χ0v) is 14.0. The summed E-state index contributed by atoms with van der Waals surface area (Å²) in [6.07, 6.45) is -1.08. The minimum absolute atomic E-state index is 0.174. The summed E-state index contributed by atoms with van der Waals surface area (Å²) in [5.74, 6) is -1.16. The van der Waals surface area contributed by atoms with Crippen molar-refractivity contribution in [3.05, 3.63) is 71.8 Å². The van der Waals surface area contributed by atoms with Gasteiger partial charge in [-0.3, -0.25) is 4.79 Å². The van der Waals surface area contributed by atoms with Crippen molar-refractivity contribution in [2.45, 2.75) is 25.5 Å². The van der Waals surface area contributed by atoms with Crippen LogP contribution in [-0.4, -0.2) is 34.7 Å². The van der Waals surface area contributed by atoms with Crippen LogP contribution in [0.4, 0.5) is 4.79 Å². The van der Waals surface area contributed by atoms with Crippen LogP contribution in [-0.2, 0) is 16.0 Å². The van der Waals surface area contributed by atoms with Crippen LogP contribution in [0.15, 0.2) is 60.7 Å². The molecule has 1 N–H and O–H groups in total. The second-order valence-corrected chi connectivity index (χ2v) is 6.27. The molecule has 1 heterocycles. The standard InChI is InChI=1S/C20H21NO4/c1-14(18(22)16-10-6-3-7-11-16)19(23)21-17(13-25-20(21)24)12-15-8-4-2-5-9-15/h2-11,14,17-18,22H,12-13H2,1H3/t14-,17-,18-/m1/s1. The minimum atomic E-state index is -0.973. The number of rotatable bonds is 5. The Morgan fingerprint density at radius 2 is 1.76 bits per heavy atom. The van der Waals surface area contributed by atoms with Crippen molar-refractivity contribution < 1.29 is 19.4 Å². The number of cyclic esters (lactones) is 1. The van der Waals surface area contributed by atoms with Gasteiger partial charge in [0.2, 0.25) is 5.91 Å². The Morgan fingerprint density at radius 3 is 2.40 bits per heavy atom. The van der Waals surface area contributed by atoms with E-state index in [9.17, 15) is 14.7 Å². The first-order valence-electron chi connectivity index (χ1n) is 8.34. The van der Waals surface area contributed by atoms with E-state index < -0.39 is 24.0 Å². The lowest BCUT2D eigenvalue weighted by Gasteiger charge is -2.25. The molecule has 1 aliphatic heterocycles. The predicted octanol–water partition coefficient (Wildman–Crippen LogP) is 2.95. The summed E-state index contributed by atoms with van der Waals surface area (Å²) in [7, 11) is 0. The molecular weight excluding hydrogens is 318 g/mol. The highest BCUT2D eigenvalue weighted by Crippen LogP contribution is 2.27. The summed E-state index contributed by atoms with van der Waals surface area (Å²) in [5, 5.41) is 10.5. The highest BCUT2D eigenvalue weighted by molar-refractivity contribution is 5.95. The van der Waals surface area contributed by atoms with Crippen molar-refractivity contribution in [1.82, 2.24) is 4.90 Å². The van der Waals surface area contributed by atoms with Gasteiger partial charge in [-0.2, -0.15) is 0 Å². The maximum absolute atomic E-state index is 12.8. The van der Waals surface area contributed by atoms with Gasteiger partial charge in [-0.25, -0.2) is 9.69 Å². The van der Waals surface area contributed by atoms with E-state index in [1.54, 1.807) is 31.2 Å². The number of hydrogen-bond acceptors (Lipinski definition) is 4. The quantitative estimate of drug-likeness (QED) is 0.909. The lowest BCUT2D eigenvalue weighted by molar-refractivity contribution is -0.136. The summed E-state index contributed by atoms with van der Waals surface area (Å²) in [6, 6.07) is 18.3. The molecule has 1 aliphatic rings. The molecule has 3 rings (SSSR count). The molecule has 0 aliphatic carbocycles. The maximum Gasteiger partial charge on any atom is 0.416 e. The average Bonchev–Trinajstić information content (AvgIpc) is 3.01. The molecule has 130 valence electrons. The summed E-state index contributed by atoms with van der Waals surface area (Å²) < 4.78 is 5.09. The molecule has 0 unspecified atom stereocenters. The number of aliphatic hydroxyl groups is 1. The summed E-state index contributed by atoms with van der Waals surface area (Å²) in [6.45, 7) is 1.80. The van der Waals surface area contributed by atoms with Gasteiger partial charge in [0.25, 0.3) is 0 Å². The molecule has 0 saturated carbocycles. The third kappa shape index (κ3) is 3.72. The molecule has 1 fully saturated rings. The zero-order chi connectivity index (χ0) is 17.8. The Kier molecular flexibility index (Phi) is 5.14. The van der Waals surface area contributed by atoms with Gasteiger partial charge in [0.15, 0.2) is 0 Å². The number of nitrogens with zero attached hydrogens (tertiary/aromatic N) is 1. The second kappa shape index (κ2) is 7.49. The zero-order valence-electron chi connectivity index (χ0n) is 14.0. The van der Waals surface area contributed by atoms with Crippen molar-refractivity contribution in [3.8, 4) is 0 Å². The third-order valence-electron chi connectivity index (χ3n) is 4.52. The maximum atomic E-state index is 12.8. The molecule has 0 aromatic heterocycles. The van der Waals surface area contributed by atoms with E-state index in [1.165, 1.54) is 0 Å². The number of benzene rings is 2. The lowest BCUT2D eigenvalue weighted by Crippen LogP contribution is -2.44. The fraction of sp³-hybridized carbons (Fsp3) is 0.300. The van der Waals surface area contributed by atoms with Gasteiger partial charge in [-0.1, -0.05) is 67.6 Å². The van der Waals surface area contributed by atoms with Crippen molar-refractivity contribution >= 4 is 12.0 Å². The Balaban J connectivity index is 1.75. The van der Waals surface area contributed by atoms with Gasteiger partial charge in [0, 0.05) is 0 Å². The molecule has 2 aromatic rings. The highest BCUT2D eigenvalue weighted by atomic mass is 16.6. The minimum Gasteiger partial charge on any atom is -0.447 e. The van der Waals surface area contributed by atoms with Crippen LogP contribution >= 0.6 is 0 Å². The molecule has 0 bridgehead atoms. The Bertz CT molecular complexity index is 732. The smallest absolute Gasteiger partial charge is 0.416 e. The van der Waals surface area contributed by atoms with Crippen molar-refractivity contribution in [2.75, 3.05) is 6.61 Å². The summed E-state index contributed by atoms with van der Waals surface area (Å²) in [4.78, 5) is 26.1. The van der Waals surface area contributed by atoms with Crippen LogP contribution in [0, 0.1) is 5.92 Å². The monoisotopic (exact) mass is 339 g/mol. The first-order valence-corrected chi connectivity index (χ1v) is 8.34. The van der Waals surface area contributed by atoms with Crippen LogP contribution in [0.25, 0.3) is 0 Å². The van der Waals surface area contributed by atoms with E-state index in [4.69, 9.17) is 4.74 Å². The Hall–Kier alpha value is -2.66. The van der Waals surface area contributed by atoms with E-state index >= 15 is 0 Å². The normalized spacial score (nSPS) is 19.4. The molecule has 2 aromatic carbocycles. The van der Waals surface area contributed by atoms with Crippen molar-refractivity contribution in [2.24, 2.45) is 5.92 Å². The Morgan fingerprint density at radius 1 is 1.16 bits per heavy atom. The van der Waals surface area contributed by atoms with Crippen LogP contribution in [0.5, 0.6) is 0 Å². The second-order valence-electron chi connectivity index (χ2n) is 6.27. The number of aliphatic hydroxyl groups excluding tert-OH is 1. The molecule has 0 radical (unpaired) electrons. The Labute approximate surface area is 146 Å². The predicted molar refractivity (Wildman–Crippen MR) is 92.7 cm³/mol. The van der Waals surface area contributed by atoms with Gasteiger partial charge in [0.1, 0.15) is 6.61 Å². The molecule has 25 heavy (non-hydrogen) atoms. The van der Waals surface area contributed by atoms with Gasteiger partial charge >= 0.3 is 6.09 Å². The average molecular weight is 339 g/mol. The van der Waals surface area contributed by atoms with E-state index in [1.807, 2.05) is 36.4 Å². The fourth-order valence-electron chi connectivity index (χ4n) is 3.06. The molecule has 1 saturated heterocycles. The number of imide groups is 1. The van der Waals surface area contributed by atoms with E-state index in [0.717, 1.165) is 10.5 Å². The van der Waals surface area contributed by atoms with Crippen LogP contribution in [0.1, 0.15) is 24.2 Å². The summed E-state index contributed by atoms with van der Waals surface area (Å²) in [5.41, 5.74) is 1.68. The molecule has 0 spiro atoms. The lowest BCUT2D eigenvalue weighted by atomic mass is 9.95. The number of carbonyl (C=O) groups is 2. The van der Waals surface area contributed by atoms with Crippen LogP contribution < -0.4 is 0 Å². The number of ether oxygens (including phenoxy) is 1. The van der Waals surface area contributed by atoms with E-state index in [0.29, 0.717) is 12.0 Å². The SMILES string of the molecule is C[C@@H](C(=O)N1C(=O)OC[C@H]1Cc1ccccc1)[C@@H](O)c1ccccc1. The van der Waals surface area contributed by atoms with Gasteiger partial charge in [-0.05, 0) is 17.5 Å². The summed E-state index contributed by atoms with van der Waals surface area (Å²) >= 11 is 0.